The summed E-state index contributed by atoms with van der Waals surface area (Å²) in [7, 11) is 0. The lowest BCUT2D eigenvalue weighted by Crippen LogP contribution is -2.47. The molecule has 0 bridgehead atoms. The van der Waals surface area contributed by atoms with Crippen LogP contribution in [-0.4, -0.2) is 22.6 Å². The Kier molecular flexibility index (Phi) is 2.36. The van der Waals surface area contributed by atoms with Gasteiger partial charge in [-0.25, -0.2) is 9.97 Å². The molecule has 70 valence electrons. The zero-order chi connectivity index (χ0) is 9.26. The predicted octanol–water partition coefficient (Wildman–Crippen LogP) is 2.12. The molecular weight excluding hydrogens is 186 g/mol. The first-order valence-electron chi connectivity index (χ1n) is 4.55. The number of anilines is 1. The average molecular weight is 198 g/mol. The summed E-state index contributed by atoms with van der Waals surface area (Å²) in [6.07, 6.45) is 5.60. The van der Waals surface area contributed by atoms with E-state index >= 15 is 0 Å². The lowest BCUT2D eigenvalue weighted by molar-refractivity contribution is 0.433. The van der Waals surface area contributed by atoms with Crippen molar-refractivity contribution in [3.63, 3.8) is 0 Å². The van der Waals surface area contributed by atoms with Gasteiger partial charge in [-0.15, -0.1) is 0 Å². The molecule has 1 aromatic rings. The van der Waals surface area contributed by atoms with E-state index in [0.717, 1.165) is 18.8 Å². The Morgan fingerprint density at radius 1 is 1.69 bits per heavy atom. The number of halogens is 1. The highest BCUT2D eigenvalue weighted by atomic mass is 35.5. The van der Waals surface area contributed by atoms with E-state index in [1.165, 1.54) is 6.42 Å². The molecule has 1 aliphatic heterocycles. The monoisotopic (exact) mass is 197 g/mol. The molecule has 0 amide bonds. The molecule has 0 aliphatic carbocycles. The maximum Gasteiger partial charge on any atom is 0.151 e. The fourth-order valence-electron chi connectivity index (χ4n) is 1.66. The minimum atomic E-state index is 0.618. The Hall–Kier alpha value is -0.830. The Balaban J connectivity index is 2.21. The lowest BCUT2D eigenvalue weighted by Gasteiger charge is -2.41. The van der Waals surface area contributed by atoms with Crippen LogP contribution in [0, 0.1) is 0 Å². The second-order valence-electron chi connectivity index (χ2n) is 3.24. The van der Waals surface area contributed by atoms with Gasteiger partial charge in [0.1, 0.15) is 11.3 Å². The predicted molar refractivity (Wildman–Crippen MR) is 53.1 cm³/mol. The fourth-order valence-corrected chi connectivity index (χ4v) is 1.88. The second-order valence-corrected chi connectivity index (χ2v) is 3.65. The third-order valence-corrected chi connectivity index (χ3v) is 2.80. The van der Waals surface area contributed by atoms with Gasteiger partial charge in [0.15, 0.2) is 5.82 Å². The lowest BCUT2D eigenvalue weighted by atomic mass is 10.0. The van der Waals surface area contributed by atoms with Crippen LogP contribution >= 0.6 is 11.6 Å². The van der Waals surface area contributed by atoms with Crippen LogP contribution in [0.15, 0.2) is 12.5 Å². The van der Waals surface area contributed by atoms with Crippen molar-refractivity contribution in [3.05, 3.63) is 17.5 Å². The largest absolute Gasteiger partial charge is 0.352 e. The van der Waals surface area contributed by atoms with Crippen molar-refractivity contribution in [1.82, 2.24) is 9.97 Å². The van der Waals surface area contributed by atoms with Crippen LogP contribution in [-0.2, 0) is 0 Å². The normalized spacial score (nSPS) is 21.4. The molecular formula is C9H12ClN3. The van der Waals surface area contributed by atoms with E-state index < -0.39 is 0 Å². The van der Waals surface area contributed by atoms with Crippen LogP contribution in [0.4, 0.5) is 5.82 Å². The summed E-state index contributed by atoms with van der Waals surface area (Å²) in [5, 5.41) is 0.653. The minimum absolute atomic E-state index is 0.618. The summed E-state index contributed by atoms with van der Waals surface area (Å²) in [5.41, 5.74) is 0. The van der Waals surface area contributed by atoms with Crippen molar-refractivity contribution < 1.29 is 0 Å². The molecule has 0 spiro atoms. The zero-order valence-electron chi connectivity index (χ0n) is 7.57. The van der Waals surface area contributed by atoms with Crippen molar-refractivity contribution in [2.75, 3.05) is 11.4 Å². The van der Waals surface area contributed by atoms with Crippen LogP contribution in [0.1, 0.15) is 19.8 Å². The SMILES string of the molecule is CCC1CCN1c1ncncc1Cl. The van der Waals surface area contributed by atoms with Crippen LogP contribution in [0.25, 0.3) is 0 Å². The third kappa shape index (κ3) is 1.48. The first kappa shape index (κ1) is 8.75. The summed E-state index contributed by atoms with van der Waals surface area (Å²) >= 11 is 5.99. The van der Waals surface area contributed by atoms with Crippen LogP contribution in [0.5, 0.6) is 0 Å². The van der Waals surface area contributed by atoms with Crippen molar-refractivity contribution in [2.45, 2.75) is 25.8 Å². The molecule has 1 saturated heterocycles. The van der Waals surface area contributed by atoms with Gasteiger partial charge >= 0.3 is 0 Å². The van der Waals surface area contributed by atoms with Gasteiger partial charge in [0.2, 0.25) is 0 Å². The Morgan fingerprint density at radius 3 is 3.08 bits per heavy atom. The number of hydrogen-bond donors (Lipinski definition) is 0. The first-order chi connectivity index (χ1) is 6.33. The highest BCUT2D eigenvalue weighted by molar-refractivity contribution is 6.32. The highest BCUT2D eigenvalue weighted by Crippen LogP contribution is 2.30. The standard InChI is InChI=1S/C9H12ClN3/c1-2-7-3-4-13(7)9-8(10)5-11-6-12-9/h5-7H,2-4H2,1H3. The van der Waals surface area contributed by atoms with E-state index in [4.69, 9.17) is 11.6 Å². The van der Waals surface area contributed by atoms with Crippen molar-refractivity contribution in [1.29, 1.82) is 0 Å². The van der Waals surface area contributed by atoms with Gasteiger partial charge in [0, 0.05) is 12.6 Å². The molecule has 1 aliphatic rings. The average Bonchev–Trinajstić information content (AvgIpc) is 2.08. The third-order valence-electron chi connectivity index (χ3n) is 2.54. The van der Waals surface area contributed by atoms with Crippen molar-refractivity contribution >= 4 is 17.4 Å². The molecule has 13 heavy (non-hydrogen) atoms. The molecule has 1 unspecified atom stereocenters. The molecule has 0 N–H and O–H groups in total. The molecule has 1 fully saturated rings. The molecule has 3 nitrogen and oxygen atoms in total. The molecule has 0 radical (unpaired) electrons. The number of rotatable bonds is 2. The number of hydrogen-bond acceptors (Lipinski definition) is 3. The van der Waals surface area contributed by atoms with Crippen LogP contribution in [0.2, 0.25) is 5.02 Å². The summed E-state index contributed by atoms with van der Waals surface area (Å²) in [4.78, 5) is 10.3. The van der Waals surface area contributed by atoms with E-state index in [1.807, 2.05) is 0 Å². The van der Waals surface area contributed by atoms with Gasteiger partial charge < -0.3 is 4.90 Å². The fraction of sp³-hybridized carbons (Fsp3) is 0.556. The smallest absolute Gasteiger partial charge is 0.151 e. The summed E-state index contributed by atoms with van der Waals surface area (Å²) in [6, 6.07) is 0.618. The van der Waals surface area contributed by atoms with E-state index in [1.54, 1.807) is 12.5 Å². The van der Waals surface area contributed by atoms with E-state index in [9.17, 15) is 0 Å². The van der Waals surface area contributed by atoms with Gasteiger partial charge in [-0.2, -0.15) is 0 Å². The molecule has 2 rings (SSSR count). The van der Waals surface area contributed by atoms with Gasteiger partial charge in [-0.1, -0.05) is 18.5 Å². The molecule has 4 heteroatoms. The molecule has 1 aromatic heterocycles. The van der Waals surface area contributed by atoms with Crippen LogP contribution in [0.3, 0.4) is 0 Å². The maximum absolute atomic E-state index is 5.99. The Bertz CT molecular complexity index is 301. The van der Waals surface area contributed by atoms with Crippen molar-refractivity contribution in [2.24, 2.45) is 0 Å². The van der Waals surface area contributed by atoms with E-state index in [2.05, 4.69) is 21.8 Å². The van der Waals surface area contributed by atoms with Crippen LogP contribution < -0.4 is 4.90 Å². The highest BCUT2D eigenvalue weighted by Gasteiger charge is 2.28. The topological polar surface area (TPSA) is 29.0 Å². The summed E-state index contributed by atoms with van der Waals surface area (Å²) in [5.74, 6) is 0.884. The quantitative estimate of drug-likeness (QED) is 0.728. The Morgan fingerprint density at radius 2 is 2.54 bits per heavy atom. The number of nitrogens with zero attached hydrogens (tertiary/aromatic N) is 3. The second kappa shape index (κ2) is 3.50. The van der Waals surface area contributed by atoms with Gasteiger partial charge in [-0.05, 0) is 12.8 Å². The van der Waals surface area contributed by atoms with Gasteiger partial charge in [0.25, 0.3) is 0 Å². The summed E-state index contributed by atoms with van der Waals surface area (Å²) < 4.78 is 0. The zero-order valence-corrected chi connectivity index (χ0v) is 8.33. The molecule has 2 heterocycles. The van der Waals surface area contributed by atoms with E-state index in [-0.39, 0.29) is 0 Å². The molecule has 0 aromatic carbocycles. The summed E-state index contributed by atoms with van der Waals surface area (Å²) in [6.45, 7) is 3.25. The van der Waals surface area contributed by atoms with E-state index in [0.29, 0.717) is 11.1 Å². The maximum atomic E-state index is 5.99. The minimum Gasteiger partial charge on any atom is -0.352 e. The van der Waals surface area contributed by atoms with Gasteiger partial charge in [-0.3, -0.25) is 0 Å². The molecule has 1 atom stereocenters. The van der Waals surface area contributed by atoms with Crippen molar-refractivity contribution in [3.8, 4) is 0 Å². The number of aromatic nitrogens is 2. The first-order valence-corrected chi connectivity index (χ1v) is 4.93. The van der Waals surface area contributed by atoms with Gasteiger partial charge in [0.05, 0.1) is 6.20 Å². The molecule has 0 saturated carbocycles. The Labute approximate surface area is 82.8 Å².